The molecule has 2 amide bonds. The Morgan fingerprint density at radius 2 is 2.44 bits per heavy atom. The molecule has 0 aromatic carbocycles. The third-order valence-electron chi connectivity index (χ3n) is 2.39. The first-order valence-electron chi connectivity index (χ1n) is 4.95. The van der Waals surface area contributed by atoms with E-state index in [1.54, 1.807) is 16.3 Å². The smallest absolute Gasteiger partial charge is 0.350 e. The highest BCUT2D eigenvalue weighted by Crippen LogP contribution is 2.28. The van der Waals surface area contributed by atoms with Gasteiger partial charge in [0.2, 0.25) is 0 Å². The van der Waals surface area contributed by atoms with Gasteiger partial charge in [0.15, 0.2) is 0 Å². The molecule has 0 aliphatic carbocycles. The topological polar surface area (TPSA) is 58.6 Å². The molecule has 0 bridgehead atoms. The van der Waals surface area contributed by atoms with Crippen LogP contribution in [0.25, 0.3) is 0 Å². The number of nitrogens with zero attached hydrogens (tertiary/aromatic N) is 1. The van der Waals surface area contributed by atoms with E-state index in [2.05, 4.69) is 10.1 Å². The number of rotatable bonds is 2. The van der Waals surface area contributed by atoms with E-state index in [1.165, 1.54) is 18.4 Å². The lowest BCUT2D eigenvalue weighted by molar-refractivity contribution is 0.0607. The zero-order valence-corrected chi connectivity index (χ0v) is 9.67. The standard InChI is InChI=1S/C10H12N2O3S/c1-15-9(13)8-7(3-6-16-8)12-5-2-4-11-10(12)14/h3,6H,2,4-5H2,1H3,(H,11,14). The van der Waals surface area contributed by atoms with Crippen molar-refractivity contribution in [1.29, 1.82) is 0 Å². The first kappa shape index (κ1) is 10.9. The predicted molar refractivity (Wildman–Crippen MR) is 61.0 cm³/mol. The molecule has 1 fully saturated rings. The summed E-state index contributed by atoms with van der Waals surface area (Å²) in [5, 5.41) is 4.53. The van der Waals surface area contributed by atoms with Crippen LogP contribution in [0.4, 0.5) is 10.5 Å². The molecular formula is C10H12N2O3S. The zero-order chi connectivity index (χ0) is 11.5. The van der Waals surface area contributed by atoms with Crippen LogP contribution < -0.4 is 10.2 Å². The van der Waals surface area contributed by atoms with Gasteiger partial charge in [0.05, 0.1) is 12.8 Å². The van der Waals surface area contributed by atoms with Gasteiger partial charge in [0, 0.05) is 13.1 Å². The fraction of sp³-hybridized carbons (Fsp3) is 0.400. The Hall–Kier alpha value is -1.56. The highest BCUT2D eigenvalue weighted by atomic mass is 32.1. The number of amides is 2. The van der Waals surface area contributed by atoms with Crippen LogP contribution in [0.15, 0.2) is 11.4 Å². The molecule has 2 rings (SSSR count). The fourth-order valence-electron chi connectivity index (χ4n) is 1.62. The van der Waals surface area contributed by atoms with E-state index >= 15 is 0 Å². The van der Waals surface area contributed by atoms with Crippen molar-refractivity contribution in [3.63, 3.8) is 0 Å². The maximum absolute atomic E-state index is 11.6. The van der Waals surface area contributed by atoms with Crippen molar-refractivity contribution in [1.82, 2.24) is 5.32 Å². The summed E-state index contributed by atoms with van der Waals surface area (Å²) in [7, 11) is 1.34. The number of hydrogen-bond acceptors (Lipinski definition) is 4. The van der Waals surface area contributed by atoms with Gasteiger partial charge in [-0.1, -0.05) is 0 Å². The van der Waals surface area contributed by atoms with Crippen LogP contribution in [-0.4, -0.2) is 32.2 Å². The molecule has 0 atom stereocenters. The number of carbonyl (C=O) groups is 2. The van der Waals surface area contributed by atoms with Gasteiger partial charge in [-0.3, -0.25) is 4.90 Å². The second-order valence-corrected chi connectivity index (χ2v) is 4.28. The fourth-order valence-corrected chi connectivity index (χ4v) is 2.43. The van der Waals surface area contributed by atoms with Gasteiger partial charge in [-0.15, -0.1) is 11.3 Å². The molecule has 0 saturated carbocycles. The first-order valence-corrected chi connectivity index (χ1v) is 5.83. The van der Waals surface area contributed by atoms with Gasteiger partial charge < -0.3 is 10.1 Å². The number of hydrogen-bond donors (Lipinski definition) is 1. The van der Waals surface area contributed by atoms with E-state index < -0.39 is 5.97 Å². The SMILES string of the molecule is COC(=O)c1sccc1N1CCCNC1=O. The Balaban J connectivity index is 2.29. The second kappa shape index (κ2) is 4.52. The van der Waals surface area contributed by atoms with Crippen LogP contribution in [0.2, 0.25) is 0 Å². The summed E-state index contributed by atoms with van der Waals surface area (Å²) in [6.07, 6.45) is 0.877. The monoisotopic (exact) mass is 240 g/mol. The third-order valence-corrected chi connectivity index (χ3v) is 3.27. The minimum absolute atomic E-state index is 0.158. The Kier molecular flexibility index (Phi) is 3.09. The van der Waals surface area contributed by atoms with Crippen LogP contribution in [0.5, 0.6) is 0 Å². The van der Waals surface area contributed by atoms with Crippen molar-refractivity contribution < 1.29 is 14.3 Å². The number of carbonyl (C=O) groups excluding carboxylic acids is 2. The molecule has 0 spiro atoms. The average molecular weight is 240 g/mol. The highest BCUT2D eigenvalue weighted by Gasteiger charge is 2.25. The number of ether oxygens (including phenoxy) is 1. The Morgan fingerprint density at radius 1 is 1.62 bits per heavy atom. The highest BCUT2D eigenvalue weighted by molar-refractivity contribution is 7.12. The summed E-state index contributed by atoms with van der Waals surface area (Å²) in [5.74, 6) is -0.400. The number of thiophene rings is 1. The molecule has 0 unspecified atom stereocenters. The normalized spacial score (nSPS) is 15.8. The molecule has 6 heteroatoms. The van der Waals surface area contributed by atoms with E-state index in [4.69, 9.17) is 0 Å². The molecule has 16 heavy (non-hydrogen) atoms. The van der Waals surface area contributed by atoms with E-state index in [0.29, 0.717) is 23.7 Å². The van der Waals surface area contributed by atoms with E-state index in [1.807, 2.05) is 0 Å². The first-order chi connectivity index (χ1) is 7.74. The van der Waals surface area contributed by atoms with Crippen molar-refractivity contribution in [2.45, 2.75) is 6.42 Å². The van der Waals surface area contributed by atoms with E-state index in [0.717, 1.165) is 6.42 Å². The van der Waals surface area contributed by atoms with Gasteiger partial charge >= 0.3 is 12.0 Å². The largest absolute Gasteiger partial charge is 0.465 e. The second-order valence-electron chi connectivity index (χ2n) is 3.36. The van der Waals surface area contributed by atoms with Crippen LogP contribution in [0.1, 0.15) is 16.1 Å². The lowest BCUT2D eigenvalue weighted by Crippen LogP contribution is -2.46. The summed E-state index contributed by atoms with van der Waals surface area (Å²) < 4.78 is 4.67. The molecule has 0 radical (unpaired) electrons. The van der Waals surface area contributed by atoms with Crippen LogP contribution in [0.3, 0.4) is 0 Å². The van der Waals surface area contributed by atoms with E-state index in [9.17, 15) is 9.59 Å². The molecule has 1 aromatic rings. The lowest BCUT2D eigenvalue weighted by atomic mass is 10.2. The lowest BCUT2D eigenvalue weighted by Gasteiger charge is -2.27. The third kappa shape index (κ3) is 1.88. The zero-order valence-electron chi connectivity index (χ0n) is 8.86. The molecule has 86 valence electrons. The Labute approximate surface area is 97.0 Å². The van der Waals surface area contributed by atoms with Crippen molar-refractivity contribution >= 4 is 29.0 Å². The van der Waals surface area contributed by atoms with Gasteiger partial charge in [-0.25, -0.2) is 9.59 Å². The summed E-state index contributed by atoms with van der Waals surface area (Å²) in [5.41, 5.74) is 0.633. The maximum Gasteiger partial charge on any atom is 0.350 e. The summed E-state index contributed by atoms with van der Waals surface area (Å²) in [6.45, 7) is 1.32. The van der Waals surface area contributed by atoms with Gasteiger partial charge in [0.1, 0.15) is 4.88 Å². The number of urea groups is 1. The van der Waals surface area contributed by atoms with Crippen LogP contribution in [-0.2, 0) is 4.74 Å². The van der Waals surface area contributed by atoms with E-state index in [-0.39, 0.29) is 6.03 Å². The Morgan fingerprint density at radius 3 is 3.12 bits per heavy atom. The molecule has 2 heterocycles. The molecule has 1 aliphatic rings. The van der Waals surface area contributed by atoms with Crippen molar-refractivity contribution in [2.24, 2.45) is 0 Å². The molecule has 1 aromatic heterocycles. The number of anilines is 1. The van der Waals surface area contributed by atoms with Gasteiger partial charge in [0.25, 0.3) is 0 Å². The minimum Gasteiger partial charge on any atom is -0.465 e. The molecule has 1 aliphatic heterocycles. The van der Waals surface area contributed by atoms with Crippen molar-refractivity contribution in [2.75, 3.05) is 25.1 Å². The molecule has 5 nitrogen and oxygen atoms in total. The average Bonchev–Trinajstić information content (AvgIpc) is 2.77. The summed E-state index contributed by atoms with van der Waals surface area (Å²) >= 11 is 1.28. The summed E-state index contributed by atoms with van der Waals surface area (Å²) in [4.78, 5) is 25.1. The number of nitrogens with one attached hydrogen (secondary N) is 1. The predicted octanol–water partition coefficient (Wildman–Crippen LogP) is 1.45. The van der Waals surface area contributed by atoms with Crippen LogP contribution in [0, 0.1) is 0 Å². The number of methoxy groups -OCH3 is 1. The molecule has 1 N–H and O–H groups in total. The molecular weight excluding hydrogens is 228 g/mol. The quantitative estimate of drug-likeness (QED) is 0.796. The maximum atomic E-state index is 11.6. The van der Waals surface area contributed by atoms with Crippen LogP contribution >= 0.6 is 11.3 Å². The number of esters is 1. The van der Waals surface area contributed by atoms with Gasteiger partial charge in [-0.2, -0.15) is 0 Å². The minimum atomic E-state index is -0.400. The Bertz CT molecular complexity index is 416. The van der Waals surface area contributed by atoms with Crippen molar-refractivity contribution in [3.05, 3.63) is 16.3 Å². The summed E-state index contributed by atoms with van der Waals surface area (Å²) in [6, 6.07) is 1.61. The molecule has 1 saturated heterocycles. The van der Waals surface area contributed by atoms with Gasteiger partial charge in [-0.05, 0) is 17.9 Å². The van der Waals surface area contributed by atoms with Crippen molar-refractivity contribution in [3.8, 4) is 0 Å².